The Morgan fingerprint density at radius 3 is 2.90 bits per heavy atom. The van der Waals surface area contributed by atoms with Crippen LogP contribution in [0.15, 0.2) is 18.5 Å². The van der Waals surface area contributed by atoms with Crippen LogP contribution in [-0.4, -0.2) is 16.3 Å². The molecule has 0 spiro atoms. The molecule has 0 saturated heterocycles. The van der Waals surface area contributed by atoms with Gasteiger partial charge in [0, 0.05) is 18.9 Å². The molecular formula is C7H13N3. The summed E-state index contributed by atoms with van der Waals surface area (Å²) in [5.41, 5.74) is 5.51. The monoisotopic (exact) mass is 139 g/mol. The van der Waals surface area contributed by atoms with Crippen molar-refractivity contribution >= 4 is 0 Å². The molecule has 0 radical (unpaired) electrons. The minimum absolute atomic E-state index is 0.370. The molecule has 0 saturated carbocycles. The van der Waals surface area contributed by atoms with E-state index < -0.39 is 0 Å². The largest absolute Gasteiger partial charge is 0.328 e. The molecule has 2 N–H and O–H groups in total. The van der Waals surface area contributed by atoms with Crippen LogP contribution in [0.25, 0.3) is 0 Å². The van der Waals surface area contributed by atoms with Gasteiger partial charge in [0.25, 0.3) is 0 Å². The first kappa shape index (κ1) is 7.28. The van der Waals surface area contributed by atoms with E-state index in [1.54, 1.807) is 6.20 Å². The van der Waals surface area contributed by atoms with Crippen LogP contribution in [0.5, 0.6) is 0 Å². The molecule has 0 unspecified atom stereocenters. The lowest BCUT2D eigenvalue weighted by atomic mass is 10.2. The van der Waals surface area contributed by atoms with Crippen LogP contribution in [0.4, 0.5) is 0 Å². The molecule has 0 fully saturated rings. The van der Waals surface area contributed by atoms with Gasteiger partial charge in [-0.3, -0.25) is 4.68 Å². The third kappa shape index (κ3) is 1.36. The lowest BCUT2D eigenvalue weighted by Gasteiger charge is -2.11. The van der Waals surface area contributed by atoms with E-state index in [0.29, 0.717) is 12.6 Å². The minimum Gasteiger partial charge on any atom is -0.328 e. The van der Waals surface area contributed by atoms with Gasteiger partial charge in [-0.15, -0.1) is 0 Å². The van der Waals surface area contributed by atoms with Crippen LogP contribution in [0.1, 0.15) is 19.4 Å². The Bertz CT molecular complexity index is 165. The summed E-state index contributed by atoms with van der Waals surface area (Å²) in [6.07, 6.45) is 4.76. The number of rotatable bonds is 3. The number of hydrogen-bond acceptors (Lipinski definition) is 2. The molecule has 0 aromatic carbocycles. The highest BCUT2D eigenvalue weighted by Gasteiger charge is 2.03. The van der Waals surface area contributed by atoms with Crippen LogP contribution in [0.2, 0.25) is 0 Å². The number of nitrogens with two attached hydrogens (primary N) is 1. The van der Waals surface area contributed by atoms with Crippen molar-refractivity contribution in [2.24, 2.45) is 5.73 Å². The Labute approximate surface area is 60.8 Å². The van der Waals surface area contributed by atoms with Gasteiger partial charge in [0.15, 0.2) is 0 Å². The highest BCUT2D eigenvalue weighted by Crippen LogP contribution is 2.05. The molecule has 1 rings (SSSR count). The summed E-state index contributed by atoms with van der Waals surface area (Å²) in [6, 6.07) is 2.29. The molecule has 1 aromatic heterocycles. The van der Waals surface area contributed by atoms with Crippen molar-refractivity contribution in [1.82, 2.24) is 9.78 Å². The molecule has 1 aromatic rings. The van der Waals surface area contributed by atoms with E-state index in [2.05, 4.69) is 12.0 Å². The second-order valence-corrected chi connectivity index (χ2v) is 2.28. The molecular weight excluding hydrogens is 126 g/mol. The van der Waals surface area contributed by atoms with Crippen molar-refractivity contribution in [1.29, 1.82) is 0 Å². The maximum Gasteiger partial charge on any atom is 0.0638 e. The number of hydrogen-bond donors (Lipinski definition) is 1. The molecule has 3 heteroatoms. The number of nitrogens with zero attached hydrogens (tertiary/aromatic N) is 2. The minimum atomic E-state index is 0.370. The van der Waals surface area contributed by atoms with E-state index in [1.165, 1.54) is 0 Å². The number of aromatic nitrogens is 2. The third-order valence-electron chi connectivity index (χ3n) is 1.64. The highest BCUT2D eigenvalue weighted by atomic mass is 15.3. The predicted molar refractivity (Wildman–Crippen MR) is 40.6 cm³/mol. The maximum atomic E-state index is 5.51. The normalized spacial score (nSPS) is 13.4. The van der Waals surface area contributed by atoms with Crippen molar-refractivity contribution in [3.05, 3.63) is 18.5 Å². The van der Waals surface area contributed by atoms with E-state index >= 15 is 0 Å². The standard InChI is InChI=1S/C7H13N3/c1-2-7(6-8)10-5-3-4-9-10/h3-5,7H,2,6,8H2,1H3/t7-/m0/s1. The molecule has 1 atom stereocenters. The third-order valence-corrected chi connectivity index (χ3v) is 1.64. The lowest BCUT2D eigenvalue weighted by Crippen LogP contribution is -2.18. The average molecular weight is 139 g/mol. The van der Waals surface area contributed by atoms with E-state index in [1.807, 2.05) is 16.9 Å². The molecule has 3 nitrogen and oxygen atoms in total. The SMILES string of the molecule is CC[C@@H](CN)n1cccn1. The van der Waals surface area contributed by atoms with Gasteiger partial charge in [-0.05, 0) is 12.5 Å². The summed E-state index contributed by atoms with van der Waals surface area (Å²) < 4.78 is 1.90. The van der Waals surface area contributed by atoms with Crippen molar-refractivity contribution in [2.45, 2.75) is 19.4 Å². The molecule has 0 aliphatic heterocycles. The van der Waals surface area contributed by atoms with Crippen LogP contribution in [0, 0.1) is 0 Å². The Hall–Kier alpha value is -0.830. The van der Waals surface area contributed by atoms with E-state index in [4.69, 9.17) is 5.73 Å². The zero-order chi connectivity index (χ0) is 7.40. The fourth-order valence-corrected chi connectivity index (χ4v) is 0.958. The Kier molecular flexibility index (Phi) is 2.45. The maximum absolute atomic E-state index is 5.51. The molecule has 56 valence electrons. The van der Waals surface area contributed by atoms with Gasteiger partial charge in [0.2, 0.25) is 0 Å². The Balaban J connectivity index is 2.64. The van der Waals surface area contributed by atoms with E-state index in [9.17, 15) is 0 Å². The summed E-state index contributed by atoms with van der Waals surface area (Å²) >= 11 is 0. The molecule has 0 aliphatic rings. The average Bonchev–Trinajstić information content (AvgIpc) is 2.43. The fraction of sp³-hybridized carbons (Fsp3) is 0.571. The summed E-state index contributed by atoms with van der Waals surface area (Å²) in [6.45, 7) is 2.78. The van der Waals surface area contributed by atoms with Gasteiger partial charge < -0.3 is 5.73 Å². The first-order valence-electron chi connectivity index (χ1n) is 3.57. The summed E-state index contributed by atoms with van der Waals surface area (Å²) in [7, 11) is 0. The smallest absolute Gasteiger partial charge is 0.0638 e. The quantitative estimate of drug-likeness (QED) is 0.673. The van der Waals surface area contributed by atoms with Crippen molar-refractivity contribution in [3.63, 3.8) is 0 Å². The Morgan fingerprint density at radius 2 is 2.50 bits per heavy atom. The second kappa shape index (κ2) is 3.37. The molecule has 0 bridgehead atoms. The predicted octanol–water partition coefficient (Wildman–Crippen LogP) is 0.793. The van der Waals surface area contributed by atoms with Gasteiger partial charge in [-0.1, -0.05) is 6.92 Å². The molecule has 1 heterocycles. The van der Waals surface area contributed by atoms with Crippen LogP contribution < -0.4 is 5.73 Å². The van der Waals surface area contributed by atoms with Crippen molar-refractivity contribution < 1.29 is 0 Å². The zero-order valence-electron chi connectivity index (χ0n) is 6.20. The second-order valence-electron chi connectivity index (χ2n) is 2.28. The van der Waals surface area contributed by atoms with Crippen molar-refractivity contribution in [2.75, 3.05) is 6.54 Å². The summed E-state index contributed by atoms with van der Waals surface area (Å²) in [4.78, 5) is 0. The molecule has 0 aliphatic carbocycles. The van der Waals surface area contributed by atoms with Gasteiger partial charge in [0.1, 0.15) is 0 Å². The van der Waals surface area contributed by atoms with Gasteiger partial charge in [0.05, 0.1) is 6.04 Å². The van der Waals surface area contributed by atoms with E-state index in [0.717, 1.165) is 6.42 Å². The highest BCUT2D eigenvalue weighted by molar-refractivity contribution is 4.81. The lowest BCUT2D eigenvalue weighted by molar-refractivity contribution is 0.450. The van der Waals surface area contributed by atoms with E-state index in [-0.39, 0.29) is 0 Å². The van der Waals surface area contributed by atoms with Crippen LogP contribution in [-0.2, 0) is 0 Å². The van der Waals surface area contributed by atoms with Crippen LogP contribution in [0.3, 0.4) is 0 Å². The zero-order valence-corrected chi connectivity index (χ0v) is 6.20. The first-order chi connectivity index (χ1) is 4.88. The fourth-order valence-electron chi connectivity index (χ4n) is 0.958. The summed E-state index contributed by atoms with van der Waals surface area (Å²) in [5, 5.41) is 4.09. The van der Waals surface area contributed by atoms with Gasteiger partial charge in [-0.25, -0.2) is 0 Å². The summed E-state index contributed by atoms with van der Waals surface area (Å²) in [5.74, 6) is 0. The van der Waals surface area contributed by atoms with Gasteiger partial charge in [-0.2, -0.15) is 5.10 Å². The van der Waals surface area contributed by atoms with Gasteiger partial charge >= 0.3 is 0 Å². The topological polar surface area (TPSA) is 43.8 Å². The van der Waals surface area contributed by atoms with Crippen LogP contribution >= 0.6 is 0 Å². The van der Waals surface area contributed by atoms with Crippen molar-refractivity contribution in [3.8, 4) is 0 Å². The molecule has 10 heavy (non-hydrogen) atoms. The first-order valence-corrected chi connectivity index (χ1v) is 3.57. The Morgan fingerprint density at radius 1 is 1.70 bits per heavy atom. The molecule has 0 amide bonds.